The second-order valence-electron chi connectivity index (χ2n) is 3.90. The molecule has 0 aliphatic carbocycles. The molecule has 1 saturated heterocycles. The highest BCUT2D eigenvalue weighted by Gasteiger charge is 2.21. The van der Waals surface area contributed by atoms with Crippen LogP contribution >= 0.6 is 0 Å². The van der Waals surface area contributed by atoms with Crippen molar-refractivity contribution in [1.29, 1.82) is 5.26 Å². The lowest BCUT2D eigenvalue weighted by atomic mass is 10.1. The fourth-order valence-corrected chi connectivity index (χ4v) is 1.93. The van der Waals surface area contributed by atoms with E-state index >= 15 is 0 Å². The number of hydrogen-bond donors (Lipinski definition) is 0. The summed E-state index contributed by atoms with van der Waals surface area (Å²) in [5, 5.41) is 16.5. The predicted molar refractivity (Wildman–Crippen MR) is 57.4 cm³/mol. The largest absolute Gasteiger partial charge is 0.355 e. The first-order valence-electron chi connectivity index (χ1n) is 5.32. The third-order valence-electron chi connectivity index (χ3n) is 2.95. The van der Waals surface area contributed by atoms with Crippen LogP contribution in [0.4, 0.5) is 5.82 Å². The summed E-state index contributed by atoms with van der Waals surface area (Å²) in [4.78, 5) is 2.24. The van der Waals surface area contributed by atoms with Crippen molar-refractivity contribution >= 4 is 5.82 Å². The van der Waals surface area contributed by atoms with Gasteiger partial charge in [0.05, 0.1) is 0 Å². The van der Waals surface area contributed by atoms with Gasteiger partial charge in [-0.15, -0.1) is 10.2 Å². The Kier molecular flexibility index (Phi) is 2.82. The van der Waals surface area contributed by atoms with E-state index in [2.05, 4.69) is 22.0 Å². The van der Waals surface area contributed by atoms with Gasteiger partial charge in [0.25, 0.3) is 0 Å². The summed E-state index contributed by atoms with van der Waals surface area (Å²) in [6, 6.07) is 5.57. The molecular formula is C11H14N4. The normalized spacial score (nSPS) is 20.3. The molecule has 0 aromatic carbocycles. The molecule has 0 amide bonds. The molecule has 1 aromatic rings. The van der Waals surface area contributed by atoms with Crippen LogP contribution in [0.3, 0.4) is 0 Å². The third-order valence-corrected chi connectivity index (χ3v) is 2.95. The lowest BCUT2D eigenvalue weighted by Crippen LogP contribution is -2.21. The Bertz CT molecular complexity index is 365. The van der Waals surface area contributed by atoms with E-state index in [9.17, 15) is 0 Å². The first-order valence-corrected chi connectivity index (χ1v) is 5.32. The Balaban J connectivity index is 2.08. The summed E-state index contributed by atoms with van der Waals surface area (Å²) in [5.74, 6) is 1.67. The van der Waals surface area contributed by atoms with Crippen molar-refractivity contribution in [3.63, 3.8) is 0 Å². The Morgan fingerprint density at radius 2 is 2.40 bits per heavy atom. The topological polar surface area (TPSA) is 52.8 Å². The van der Waals surface area contributed by atoms with Gasteiger partial charge in [-0.25, -0.2) is 0 Å². The molecule has 2 heterocycles. The van der Waals surface area contributed by atoms with Gasteiger partial charge in [-0.05, 0) is 24.5 Å². The van der Waals surface area contributed by atoms with Crippen molar-refractivity contribution in [3.05, 3.63) is 17.8 Å². The molecule has 1 unspecified atom stereocenters. The fourth-order valence-electron chi connectivity index (χ4n) is 1.93. The Morgan fingerprint density at radius 3 is 2.93 bits per heavy atom. The van der Waals surface area contributed by atoms with Crippen molar-refractivity contribution in [1.82, 2.24) is 10.2 Å². The fraction of sp³-hybridized carbons (Fsp3) is 0.545. The van der Waals surface area contributed by atoms with Gasteiger partial charge < -0.3 is 4.90 Å². The van der Waals surface area contributed by atoms with Crippen LogP contribution in [0, 0.1) is 17.2 Å². The molecule has 1 aromatic heterocycles. The van der Waals surface area contributed by atoms with Crippen molar-refractivity contribution in [2.45, 2.75) is 19.8 Å². The van der Waals surface area contributed by atoms with Crippen molar-refractivity contribution in [3.8, 4) is 6.07 Å². The Morgan fingerprint density at radius 1 is 1.53 bits per heavy atom. The highest BCUT2D eigenvalue weighted by molar-refractivity contribution is 5.40. The molecule has 4 heteroatoms. The van der Waals surface area contributed by atoms with E-state index in [1.165, 1.54) is 12.8 Å². The molecule has 1 aliphatic heterocycles. The number of hydrogen-bond acceptors (Lipinski definition) is 4. The SMILES string of the molecule is CCC1CCN(c2ccc(C#N)nn2)C1. The van der Waals surface area contributed by atoms with E-state index in [4.69, 9.17) is 5.26 Å². The van der Waals surface area contributed by atoms with E-state index in [0.29, 0.717) is 5.69 Å². The summed E-state index contributed by atoms with van der Waals surface area (Å²) in [5.41, 5.74) is 0.380. The van der Waals surface area contributed by atoms with Crippen LogP contribution in [0.15, 0.2) is 12.1 Å². The van der Waals surface area contributed by atoms with Crippen molar-refractivity contribution < 1.29 is 0 Å². The molecule has 4 nitrogen and oxygen atoms in total. The first kappa shape index (κ1) is 9.91. The highest BCUT2D eigenvalue weighted by atomic mass is 15.3. The highest BCUT2D eigenvalue weighted by Crippen LogP contribution is 2.23. The molecular weight excluding hydrogens is 188 g/mol. The summed E-state index contributed by atoms with van der Waals surface area (Å²) < 4.78 is 0. The van der Waals surface area contributed by atoms with E-state index in [1.54, 1.807) is 6.07 Å². The molecule has 1 fully saturated rings. The minimum Gasteiger partial charge on any atom is -0.355 e. The molecule has 0 spiro atoms. The molecule has 0 bridgehead atoms. The minimum atomic E-state index is 0.380. The number of nitriles is 1. The maximum Gasteiger partial charge on any atom is 0.163 e. The number of aromatic nitrogens is 2. The van der Waals surface area contributed by atoms with Gasteiger partial charge >= 0.3 is 0 Å². The molecule has 0 saturated carbocycles. The van der Waals surface area contributed by atoms with Gasteiger partial charge in [0.2, 0.25) is 0 Å². The van der Waals surface area contributed by atoms with Gasteiger partial charge in [-0.3, -0.25) is 0 Å². The molecule has 0 radical (unpaired) electrons. The number of nitrogens with zero attached hydrogens (tertiary/aromatic N) is 4. The molecule has 78 valence electrons. The standard InChI is InChI=1S/C11H14N4/c1-2-9-5-6-15(8-9)11-4-3-10(7-12)13-14-11/h3-4,9H,2,5-6,8H2,1H3. The minimum absolute atomic E-state index is 0.380. The Labute approximate surface area is 89.5 Å². The average Bonchev–Trinajstić information content (AvgIpc) is 2.78. The maximum absolute atomic E-state index is 8.61. The first-order chi connectivity index (χ1) is 7.33. The summed E-state index contributed by atoms with van der Waals surface area (Å²) >= 11 is 0. The van der Waals surface area contributed by atoms with Crippen LogP contribution in [0.2, 0.25) is 0 Å². The maximum atomic E-state index is 8.61. The van der Waals surface area contributed by atoms with E-state index in [0.717, 1.165) is 24.8 Å². The third kappa shape index (κ3) is 2.07. The van der Waals surface area contributed by atoms with E-state index in [-0.39, 0.29) is 0 Å². The quantitative estimate of drug-likeness (QED) is 0.730. The summed E-state index contributed by atoms with van der Waals surface area (Å²) in [6.45, 7) is 4.34. The second kappa shape index (κ2) is 4.26. The lowest BCUT2D eigenvalue weighted by Gasteiger charge is -2.15. The monoisotopic (exact) mass is 202 g/mol. The lowest BCUT2D eigenvalue weighted by molar-refractivity contribution is 0.568. The number of anilines is 1. The Hall–Kier alpha value is -1.63. The summed E-state index contributed by atoms with van der Waals surface area (Å²) in [6.07, 6.45) is 2.46. The second-order valence-corrected chi connectivity index (χ2v) is 3.90. The van der Waals surface area contributed by atoms with Gasteiger partial charge in [0, 0.05) is 13.1 Å². The van der Waals surface area contributed by atoms with Gasteiger partial charge in [0.1, 0.15) is 6.07 Å². The van der Waals surface area contributed by atoms with Gasteiger partial charge in [0.15, 0.2) is 11.5 Å². The van der Waals surface area contributed by atoms with Crippen LogP contribution in [0.1, 0.15) is 25.5 Å². The molecule has 2 rings (SSSR count). The predicted octanol–water partition coefficient (Wildman–Crippen LogP) is 1.58. The molecule has 1 aliphatic rings. The zero-order valence-corrected chi connectivity index (χ0v) is 8.85. The van der Waals surface area contributed by atoms with Crippen molar-refractivity contribution in [2.24, 2.45) is 5.92 Å². The van der Waals surface area contributed by atoms with E-state index in [1.807, 2.05) is 12.1 Å². The van der Waals surface area contributed by atoms with Gasteiger partial charge in [-0.1, -0.05) is 13.3 Å². The number of rotatable bonds is 2. The average molecular weight is 202 g/mol. The van der Waals surface area contributed by atoms with Crippen LogP contribution in [0.25, 0.3) is 0 Å². The van der Waals surface area contributed by atoms with Crippen LogP contribution < -0.4 is 4.90 Å². The summed E-state index contributed by atoms with van der Waals surface area (Å²) in [7, 11) is 0. The van der Waals surface area contributed by atoms with E-state index < -0.39 is 0 Å². The van der Waals surface area contributed by atoms with Crippen molar-refractivity contribution in [2.75, 3.05) is 18.0 Å². The van der Waals surface area contributed by atoms with Crippen LogP contribution in [0.5, 0.6) is 0 Å². The van der Waals surface area contributed by atoms with Crippen LogP contribution in [-0.4, -0.2) is 23.3 Å². The molecule has 0 N–H and O–H groups in total. The molecule has 15 heavy (non-hydrogen) atoms. The zero-order valence-electron chi connectivity index (χ0n) is 8.85. The molecule has 1 atom stereocenters. The smallest absolute Gasteiger partial charge is 0.163 e. The van der Waals surface area contributed by atoms with Gasteiger partial charge in [-0.2, -0.15) is 5.26 Å². The zero-order chi connectivity index (χ0) is 10.7. The van der Waals surface area contributed by atoms with Crippen LogP contribution in [-0.2, 0) is 0 Å².